The molecule has 0 bridgehead atoms. The molecule has 0 saturated heterocycles. The third-order valence-corrected chi connectivity index (χ3v) is 2.57. The van der Waals surface area contributed by atoms with E-state index in [4.69, 9.17) is 5.73 Å². The molecule has 0 radical (unpaired) electrons. The Morgan fingerprint density at radius 1 is 1.37 bits per heavy atom. The summed E-state index contributed by atoms with van der Waals surface area (Å²) in [6, 6.07) is 2.59. The monoisotopic (exact) mass is 267 g/mol. The van der Waals surface area contributed by atoms with E-state index < -0.39 is 11.7 Å². The molecule has 0 aliphatic heterocycles. The zero-order chi connectivity index (χ0) is 14.6. The Bertz CT molecular complexity index is 501. The molecule has 0 atom stereocenters. The number of carbonyl (C=O) groups is 2. The molecule has 0 spiro atoms. The molecule has 0 saturated carbocycles. The number of nitrogens with two attached hydrogens (primary N) is 1. The van der Waals surface area contributed by atoms with E-state index in [1.54, 1.807) is 0 Å². The van der Waals surface area contributed by atoms with Gasteiger partial charge < -0.3 is 16.4 Å². The molecular formula is C13H18FN3O2. The Kier molecular flexibility index (Phi) is 5.00. The van der Waals surface area contributed by atoms with E-state index in [1.165, 1.54) is 13.0 Å². The van der Waals surface area contributed by atoms with Crippen molar-refractivity contribution in [3.63, 3.8) is 0 Å². The molecule has 1 aromatic rings. The summed E-state index contributed by atoms with van der Waals surface area (Å²) < 4.78 is 13.6. The lowest BCUT2D eigenvalue weighted by atomic mass is 10.1. The minimum absolute atomic E-state index is 0.0234. The first-order valence-corrected chi connectivity index (χ1v) is 5.94. The molecule has 5 nitrogen and oxygen atoms in total. The lowest BCUT2D eigenvalue weighted by Crippen LogP contribution is -2.32. The molecule has 0 aliphatic carbocycles. The van der Waals surface area contributed by atoms with Crippen molar-refractivity contribution in [1.29, 1.82) is 0 Å². The van der Waals surface area contributed by atoms with Crippen molar-refractivity contribution in [3.8, 4) is 0 Å². The fourth-order valence-electron chi connectivity index (χ4n) is 1.44. The van der Waals surface area contributed by atoms with Gasteiger partial charge in [0.2, 0.25) is 11.8 Å². The van der Waals surface area contributed by atoms with Crippen molar-refractivity contribution >= 4 is 17.5 Å². The predicted octanol–water partition coefficient (Wildman–Crippen LogP) is 1.17. The predicted molar refractivity (Wildman–Crippen MR) is 71.4 cm³/mol. The SMILES string of the molecule is Cc1c(F)cc(C(N)=O)cc1NC(=O)CNC(C)C. The van der Waals surface area contributed by atoms with E-state index in [0.717, 1.165) is 6.07 Å². The lowest BCUT2D eigenvalue weighted by molar-refractivity contribution is -0.115. The Hall–Kier alpha value is -1.95. The number of hydrogen-bond donors (Lipinski definition) is 3. The second kappa shape index (κ2) is 6.29. The van der Waals surface area contributed by atoms with E-state index >= 15 is 0 Å². The number of hydrogen-bond acceptors (Lipinski definition) is 3. The number of rotatable bonds is 5. The van der Waals surface area contributed by atoms with Gasteiger partial charge in [0.25, 0.3) is 0 Å². The maximum atomic E-state index is 13.6. The first-order chi connectivity index (χ1) is 8.81. The summed E-state index contributed by atoms with van der Waals surface area (Å²) in [6.07, 6.45) is 0. The number of halogens is 1. The van der Waals surface area contributed by atoms with Crippen LogP contribution in [0, 0.1) is 12.7 Å². The first kappa shape index (κ1) is 15.1. The van der Waals surface area contributed by atoms with Gasteiger partial charge in [-0.05, 0) is 19.1 Å². The summed E-state index contributed by atoms with van der Waals surface area (Å²) >= 11 is 0. The summed E-state index contributed by atoms with van der Waals surface area (Å²) in [5, 5.41) is 5.49. The van der Waals surface area contributed by atoms with Gasteiger partial charge in [-0.2, -0.15) is 0 Å². The Morgan fingerprint density at radius 3 is 2.53 bits per heavy atom. The number of carbonyl (C=O) groups excluding carboxylic acids is 2. The second-order valence-corrected chi connectivity index (χ2v) is 4.58. The van der Waals surface area contributed by atoms with Gasteiger partial charge in [-0.1, -0.05) is 13.8 Å². The van der Waals surface area contributed by atoms with Crippen LogP contribution in [0.15, 0.2) is 12.1 Å². The standard InChI is InChI=1S/C13H18FN3O2/c1-7(2)16-6-12(18)17-11-5-9(13(15)19)4-10(14)8(11)3/h4-5,7,16H,6H2,1-3H3,(H2,15,19)(H,17,18). The molecular weight excluding hydrogens is 249 g/mol. The van der Waals surface area contributed by atoms with Crippen LogP contribution in [0.4, 0.5) is 10.1 Å². The molecule has 6 heteroatoms. The number of primary amides is 1. The van der Waals surface area contributed by atoms with Crippen LogP contribution in [0.25, 0.3) is 0 Å². The summed E-state index contributed by atoms with van der Waals surface area (Å²) in [7, 11) is 0. The van der Waals surface area contributed by atoms with Crippen LogP contribution in [0.2, 0.25) is 0 Å². The second-order valence-electron chi connectivity index (χ2n) is 4.58. The summed E-state index contributed by atoms with van der Waals surface area (Å²) in [6.45, 7) is 5.45. The van der Waals surface area contributed by atoms with Crippen LogP contribution in [-0.4, -0.2) is 24.4 Å². The molecule has 104 valence electrons. The van der Waals surface area contributed by atoms with Crippen LogP contribution in [0.1, 0.15) is 29.8 Å². The van der Waals surface area contributed by atoms with Crippen LogP contribution in [0.3, 0.4) is 0 Å². The first-order valence-electron chi connectivity index (χ1n) is 5.94. The molecule has 1 aromatic carbocycles. The van der Waals surface area contributed by atoms with Gasteiger partial charge in [0.05, 0.1) is 6.54 Å². The van der Waals surface area contributed by atoms with Gasteiger partial charge in [0.15, 0.2) is 0 Å². The number of benzene rings is 1. The van der Waals surface area contributed by atoms with Crippen LogP contribution in [0.5, 0.6) is 0 Å². The van der Waals surface area contributed by atoms with Crippen molar-refractivity contribution in [1.82, 2.24) is 5.32 Å². The highest BCUT2D eigenvalue weighted by atomic mass is 19.1. The third-order valence-electron chi connectivity index (χ3n) is 2.57. The smallest absolute Gasteiger partial charge is 0.248 e. The minimum atomic E-state index is -0.741. The Morgan fingerprint density at radius 2 is 2.00 bits per heavy atom. The van der Waals surface area contributed by atoms with Gasteiger partial charge in [0, 0.05) is 22.9 Å². The average Bonchev–Trinajstić information content (AvgIpc) is 2.31. The Labute approximate surface area is 111 Å². The van der Waals surface area contributed by atoms with Crippen LogP contribution < -0.4 is 16.4 Å². The number of amides is 2. The van der Waals surface area contributed by atoms with Crippen molar-refractivity contribution in [2.24, 2.45) is 5.73 Å². The third kappa shape index (κ3) is 4.33. The van der Waals surface area contributed by atoms with Gasteiger partial charge in [-0.3, -0.25) is 9.59 Å². The lowest BCUT2D eigenvalue weighted by Gasteiger charge is -2.12. The normalized spacial score (nSPS) is 10.6. The molecule has 4 N–H and O–H groups in total. The fraction of sp³-hybridized carbons (Fsp3) is 0.385. The molecule has 0 heterocycles. The van der Waals surface area contributed by atoms with Crippen LogP contribution >= 0.6 is 0 Å². The van der Waals surface area contributed by atoms with Gasteiger partial charge in [0.1, 0.15) is 5.82 Å². The van der Waals surface area contributed by atoms with E-state index in [-0.39, 0.29) is 35.3 Å². The largest absolute Gasteiger partial charge is 0.366 e. The van der Waals surface area contributed by atoms with Crippen molar-refractivity contribution in [3.05, 3.63) is 29.1 Å². The fourth-order valence-corrected chi connectivity index (χ4v) is 1.44. The van der Waals surface area contributed by atoms with Crippen molar-refractivity contribution in [2.45, 2.75) is 26.8 Å². The quantitative estimate of drug-likeness (QED) is 0.748. The summed E-state index contributed by atoms with van der Waals surface area (Å²) in [5.41, 5.74) is 5.64. The maximum Gasteiger partial charge on any atom is 0.248 e. The summed E-state index contributed by atoms with van der Waals surface area (Å²) in [5.74, 6) is -1.63. The van der Waals surface area contributed by atoms with E-state index in [2.05, 4.69) is 10.6 Å². The highest BCUT2D eigenvalue weighted by Gasteiger charge is 2.12. The Balaban J connectivity index is 2.88. The minimum Gasteiger partial charge on any atom is -0.366 e. The van der Waals surface area contributed by atoms with Crippen LogP contribution in [-0.2, 0) is 4.79 Å². The van der Waals surface area contributed by atoms with Crippen molar-refractivity contribution < 1.29 is 14.0 Å². The zero-order valence-corrected chi connectivity index (χ0v) is 11.2. The molecule has 0 aliphatic rings. The molecule has 0 unspecified atom stereocenters. The van der Waals surface area contributed by atoms with Crippen molar-refractivity contribution in [2.75, 3.05) is 11.9 Å². The topological polar surface area (TPSA) is 84.2 Å². The maximum absolute atomic E-state index is 13.6. The number of anilines is 1. The molecule has 1 rings (SSSR count). The zero-order valence-electron chi connectivity index (χ0n) is 11.2. The van der Waals surface area contributed by atoms with E-state index in [0.29, 0.717) is 0 Å². The van der Waals surface area contributed by atoms with Gasteiger partial charge in [-0.15, -0.1) is 0 Å². The summed E-state index contributed by atoms with van der Waals surface area (Å²) in [4.78, 5) is 22.7. The van der Waals surface area contributed by atoms with E-state index in [1.807, 2.05) is 13.8 Å². The number of nitrogens with one attached hydrogen (secondary N) is 2. The average molecular weight is 267 g/mol. The highest BCUT2D eigenvalue weighted by Crippen LogP contribution is 2.20. The molecule has 0 fully saturated rings. The van der Waals surface area contributed by atoms with E-state index in [9.17, 15) is 14.0 Å². The highest BCUT2D eigenvalue weighted by molar-refractivity contribution is 5.97. The van der Waals surface area contributed by atoms with Gasteiger partial charge in [-0.25, -0.2) is 4.39 Å². The molecule has 19 heavy (non-hydrogen) atoms. The van der Waals surface area contributed by atoms with Gasteiger partial charge >= 0.3 is 0 Å². The molecule has 0 aromatic heterocycles. The molecule has 2 amide bonds.